The number of hydrogen-bond acceptors (Lipinski definition) is 5. The zero-order chi connectivity index (χ0) is 9.26. The van der Waals surface area contributed by atoms with Crippen LogP contribution in [0.3, 0.4) is 0 Å². The molecule has 0 amide bonds. The van der Waals surface area contributed by atoms with Crippen LogP contribution >= 0.6 is 11.8 Å². The van der Waals surface area contributed by atoms with Crippen LogP contribution in [-0.2, 0) is 7.05 Å². The SMILES string of the molecule is Cn1nnc(C(O)C2CCSC2)n1. The van der Waals surface area contributed by atoms with Crippen LogP contribution in [0.5, 0.6) is 0 Å². The van der Waals surface area contributed by atoms with Crippen molar-refractivity contribution in [3.63, 3.8) is 0 Å². The van der Waals surface area contributed by atoms with Gasteiger partial charge >= 0.3 is 0 Å². The Balaban J connectivity index is 2.07. The number of aryl methyl sites for hydroxylation is 1. The first-order valence-corrected chi connectivity index (χ1v) is 5.42. The van der Waals surface area contributed by atoms with E-state index in [-0.39, 0.29) is 0 Å². The molecule has 13 heavy (non-hydrogen) atoms. The maximum atomic E-state index is 9.84. The standard InChI is InChI=1S/C7H12N4OS/c1-11-9-7(8-10-11)6(12)5-2-3-13-4-5/h5-6,12H,2-4H2,1H3. The Morgan fingerprint density at radius 1 is 1.69 bits per heavy atom. The first kappa shape index (κ1) is 8.96. The number of aliphatic hydroxyl groups is 1. The third-order valence-electron chi connectivity index (χ3n) is 2.20. The molecule has 2 heterocycles. The summed E-state index contributed by atoms with van der Waals surface area (Å²) in [5.41, 5.74) is 0. The van der Waals surface area contributed by atoms with Gasteiger partial charge in [-0.05, 0) is 23.1 Å². The van der Waals surface area contributed by atoms with Gasteiger partial charge in [-0.3, -0.25) is 0 Å². The van der Waals surface area contributed by atoms with Gasteiger partial charge in [-0.15, -0.1) is 10.2 Å². The Labute approximate surface area is 80.5 Å². The molecule has 1 aliphatic rings. The molecule has 0 bridgehead atoms. The maximum Gasteiger partial charge on any atom is 0.203 e. The fraction of sp³-hybridized carbons (Fsp3) is 0.857. The number of rotatable bonds is 2. The molecule has 72 valence electrons. The van der Waals surface area contributed by atoms with E-state index in [9.17, 15) is 5.11 Å². The van der Waals surface area contributed by atoms with Gasteiger partial charge in [-0.2, -0.15) is 16.6 Å². The Morgan fingerprint density at radius 3 is 3.08 bits per heavy atom. The lowest BCUT2D eigenvalue weighted by atomic mass is 10.0. The normalized spacial score (nSPS) is 24.9. The molecule has 0 radical (unpaired) electrons. The summed E-state index contributed by atoms with van der Waals surface area (Å²) in [5, 5.41) is 21.3. The summed E-state index contributed by atoms with van der Waals surface area (Å²) in [6.45, 7) is 0. The zero-order valence-electron chi connectivity index (χ0n) is 7.42. The zero-order valence-corrected chi connectivity index (χ0v) is 8.24. The number of nitrogens with zero attached hydrogens (tertiary/aromatic N) is 4. The summed E-state index contributed by atoms with van der Waals surface area (Å²) in [7, 11) is 1.70. The topological polar surface area (TPSA) is 63.8 Å². The van der Waals surface area contributed by atoms with Crippen molar-refractivity contribution in [2.24, 2.45) is 13.0 Å². The van der Waals surface area contributed by atoms with Gasteiger partial charge in [0, 0.05) is 5.92 Å². The van der Waals surface area contributed by atoms with Gasteiger partial charge in [0.05, 0.1) is 7.05 Å². The highest BCUT2D eigenvalue weighted by molar-refractivity contribution is 7.99. The second kappa shape index (κ2) is 3.63. The van der Waals surface area contributed by atoms with Crippen molar-refractivity contribution in [3.05, 3.63) is 5.82 Å². The second-order valence-corrected chi connectivity index (χ2v) is 4.36. The maximum absolute atomic E-state index is 9.84. The van der Waals surface area contributed by atoms with Crippen molar-refractivity contribution in [1.82, 2.24) is 20.2 Å². The van der Waals surface area contributed by atoms with Crippen LogP contribution in [0.4, 0.5) is 0 Å². The molecule has 2 rings (SSSR count). The molecule has 6 heteroatoms. The van der Waals surface area contributed by atoms with Gasteiger partial charge < -0.3 is 5.11 Å². The van der Waals surface area contributed by atoms with Crippen LogP contribution in [0, 0.1) is 5.92 Å². The van der Waals surface area contributed by atoms with E-state index in [0.29, 0.717) is 11.7 Å². The number of hydrogen-bond donors (Lipinski definition) is 1. The minimum atomic E-state index is -0.538. The van der Waals surface area contributed by atoms with E-state index in [1.165, 1.54) is 4.80 Å². The molecule has 0 aliphatic carbocycles. The minimum absolute atomic E-state index is 0.300. The molecule has 1 aromatic heterocycles. The number of thioether (sulfide) groups is 1. The molecule has 1 saturated heterocycles. The van der Waals surface area contributed by atoms with Crippen LogP contribution in [0.1, 0.15) is 18.3 Å². The van der Waals surface area contributed by atoms with Gasteiger partial charge in [0.25, 0.3) is 0 Å². The second-order valence-electron chi connectivity index (χ2n) is 3.21. The molecular weight excluding hydrogens is 188 g/mol. The molecule has 2 atom stereocenters. The summed E-state index contributed by atoms with van der Waals surface area (Å²) < 4.78 is 0. The lowest BCUT2D eigenvalue weighted by Crippen LogP contribution is -2.13. The van der Waals surface area contributed by atoms with Crippen LogP contribution < -0.4 is 0 Å². The summed E-state index contributed by atoms with van der Waals surface area (Å²) in [5.74, 6) is 2.88. The highest BCUT2D eigenvalue weighted by atomic mass is 32.2. The molecular formula is C7H12N4OS. The molecule has 0 spiro atoms. The van der Waals surface area contributed by atoms with E-state index in [0.717, 1.165) is 17.9 Å². The van der Waals surface area contributed by atoms with Crippen molar-refractivity contribution in [1.29, 1.82) is 0 Å². The van der Waals surface area contributed by atoms with Crippen molar-refractivity contribution >= 4 is 11.8 Å². The van der Waals surface area contributed by atoms with Crippen molar-refractivity contribution in [2.45, 2.75) is 12.5 Å². The van der Waals surface area contributed by atoms with Gasteiger partial charge in [0.2, 0.25) is 5.82 Å². The van der Waals surface area contributed by atoms with Crippen LogP contribution in [-0.4, -0.2) is 36.8 Å². The highest BCUT2D eigenvalue weighted by Gasteiger charge is 2.27. The molecule has 1 aliphatic heterocycles. The summed E-state index contributed by atoms with van der Waals surface area (Å²) in [6.07, 6.45) is 0.507. The number of aromatic nitrogens is 4. The van der Waals surface area contributed by atoms with Gasteiger partial charge in [0.1, 0.15) is 6.10 Å². The van der Waals surface area contributed by atoms with E-state index in [1.54, 1.807) is 7.05 Å². The summed E-state index contributed by atoms with van der Waals surface area (Å²) in [4.78, 5) is 1.38. The number of aliphatic hydroxyl groups excluding tert-OH is 1. The average molecular weight is 200 g/mol. The lowest BCUT2D eigenvalue weighted by Gasteiger charge is -2.12. The summed E-state index contributed by atoms with van der Waals surface area (Å²) in [6, 6.07) is 0. The van der Waals surface area contributed by atoms with E-state index in [4.69, 9.17) is 0 Å². The Hall–Kier alpha value is -0.620. The predicted octanol–water partition coefficient (Wildman–Crippen LogP) is -0.00340. The molecule has 5 nitrogen and oxygen atoms in total. The fourth-order valence-corrected chi connectivity index (χ4v) is 2.72. The fourth-order valence-electron chi connectivity index (χ4n) is 1.43. The molecule has 1 aromatic rings. The van der Waals surface area contributed by atoms with Crippen molar-refractivity contribution in [3.8, 4) is 0 Å². The quantitative estimate of drug-likeness (QED) is 0.728. The van der Waals surface area contributed by atoms with E-state index in [1.807, 2.05) is 11.8 Å². The summed E-state index contributed by atoms with van der Waals surface area (Å²) >= 11 is 1.87. The van der Waals surface area contributed by atoms with Gasteiger partial charge in [-0.25, -0.2) is 0 Å². The predicted molar refractivity (Wildman–Crippen MR) is 49.2 cm³/mol. The minimum Gasteiger partial charge on any atom is -0.385 e. The molecule has 0 saturated carbocycles. The van der Waals surface area contributed by atoms with Crippen LogP contribution in [0.2, 0.25) is 0 Å². The first-order valence-electron chi connectivity index (χ1n) is 4.27. The third-order valence-corrected chi connectivity index (χ3v) is 3.39. The third kappa shape index (κ3) is 1.83. The first-order chi connectivity index (χ1) is 6.27. The monoisotopic (exact) mass is 200 g/mol. The van der Waals surface area contributed by atoms with Gasteiger partial charge in [-0.1, -0.05) is 0 Å². The van der Waals surface area contributed by atoms with Crippen molar-refractivity contribution < 1.29 is 5.11 Å². The van der Waals surface area contributed by atoms with Gasteiger partial charge in [0.15, 0.2) is 0 Å². The Morgan fingerprint density at radius 2 is 2.54 bits per heavy atom. The molecule has 0 aromatic carbocycles. The largest absolute Gasteiger partial charge is 0.385 e. The number of tetrazole rings is 1. The molecule has 1 N–H and O–H groups in total. The van der Waals surface area contributed by atoms with Crippen LogP contribution in [0.15, 0.2) is 0 Å². The van der Waals surface area contributed by atoms with E-state index < -0.39 is 6.10 Å². The van der Waals surface area contributed by atoms with E-state index >= 15 is 0 Å². The Kier molecular flexibility index (Phi) is 2.50. The Bertz CT molecular complexity index is 284. The highest BCUT2D eigenvalue weighted by Crippen LogP contribution is 2.32. The van der Waals surface area contributed by atoms with Crippen LogP contribution in [0.25, 0.3) is 0 Å². The molecule has 2 unspecified atom stereocenters. The molecule has 1 fully saturated rings. The average Bonchev–Trinajstić information content (AvgIpc) is 2.72. The van der Waals surface area contributed by atoms with Crippen molar-refractivity contribution in [2.75, 3.05) is 11.5 Å². The smallest absolute Gasteiger partial charge is 0.203 e. The van der Waals surface area contributed by atoms with E-state index in [2.05, 4.69) is 15.4 Å². The lowest BCUT2D eigenvalue weighted by molar-refractivity contribution is 0.112.